The highest BCUT2D eigenvalue weighted by molar-refractivity contribution is 9.10. The molecular weight excluding hydrogens is 300 g/mol. The molecule has 1 aliphatic heterocycles. The number of benzene rings is 1. The number of nitrogens with one attached hydrogen (secondary N) is 1. The monoisotopic (exact) mass is 324 g/mol. The van der Waals surface area contributed by atoms with Crippen LogP contribution in [0.15, 0.2) is 28.7 Å². The van der Waals surface area contributed by atoms with Gasteiger partial charge in [-0.3, -0.25) is 0 Å². The lowest BCUT2D eigenvalue weighted by Crippen LogP contribution is -2.60. The van der Waals surface area contributed by atoms with Gasteiger partial charge < -0.3 is 10.2 Å². The minimum Gasteiger partial charge on any atom is -0.366 e. The summed E-state index contributed by atoms with van der Waals surface area (Å²) in [6.07, 6.45) is 1.18. The van der Waals surface area contributed by atoms with Crippen LogP contribution in [-0.2, 0) is 0 Å². The SMILES string of the molecule is CCC1CNC(C(C)(C)C)CN1c1ccc(Br)cc1. The van der Waals surface area contributed by atoms with Crippen LogP contribution in [0, 0.1) is 5.41 Å². The minimum absolute atomic E-state index is 0.298. The molecule has 1 fully saturated rings. The molecule has 2 nitrogen and oxygen atoms in total. The van der Waals surface area contributed by atoms with E-state index in [1.54, 1.807) is 0 Å². The standard InChI is InChI=1S/C16H25BrN2/c1-5-13-10-18-15(16(2,3)4)11-19(13)14-8-6-12(17)7-9-14/h6-9,13,15,18H,5,10-11H2,1-4H3. The maximum atomic E-state index is 3.72. The molecule has 0 radical (unpaired) electrons. The fourth-order valence-electron chi connectivity index (χ4n) is 2.69. The number of hydrogen-bond donors (Lipinski definition) is 1. The molecule has 1 heterocycles. The fraction of sp³-hybridized carbons (Fsp3) is 0.625. The molecule has 19 heavy (non-hydrogen) atoms. The van der Waals surface area contributed by atoms with Crippen molar-refractivity contribution in [3.63, 3.8) is 0 Å². The summed E-state index contributed by atoms with van der Waals surface area (Å²) in [6, 6.07) is 9.85. The third kappa shape index (κ3) is 3.51. The van der Waals surface area contributed by atoms with E-state index >= 15 is 0 Å². The first-order valence-electron chi connectivity index (χ1n) is 7.17. The molecule has 1 N–H and O–H groups in total. The van der Waals surface area contributed by atoms with E-state index in [0.29, 0.717) is 17.5 Å². The zero-order chi connectivity index (χ0) is 14.0. The molecule has 2 unspecified atom stereocenters. The summed E-state index contributed by atoms with van der Waals surface area (Å²) in [7, 11) is 0. The van der Waals surface area contributed by atoms with Crippen molar-refractivity contribution in [1.82, 2.24) is 5.32 Å². The van der Waals surface area contributed by atoms with Crippen molar-refractivity contribution in [3.05, 3.63) is 28.7 Å². The molecule has 1 saturated heterocycles. The summed E-state index contributed by atoms with van der Waals surface area (Å²) in [5.41, 5.74) is 1.64. The van der Waals surface area contributed by atoms with E-state index in [1.807, 2.05) is 0 Å². The summed E-state index contributed by atoms with van der Waals surface area (Å²) in [4.78, 5) is 2.57. The first-order chi connectivity index (χ1) is 8.91. The van der Waals surface area contributed by atoms with Gasteiger partial charge in [-0.2, -0.15) is 0 Å². The molecule has 0 bridgehead atoms. The normalized spacial score (nSPS) is 24.6. The maximum absolute atomic E-state index is 3.72. The van der Waals surface area contributed by atoms with Crippen LogP contribution < -0.4 is 10.2 Å². The number of halogens is 1. The van der Waals surface area contributed by atoms with Gasteiger partial charge in [0.05, 0.1) is 0 Å². The zero-order valence-electron chi connectivity index (χ0n) is 12.4. The Hall–Kier alpha value is -0.540. The van der Waals surface area contributed by atoms with Crippen molar-refractivity contribution in [2.45, 2.75) is 46.2 Å². The van der Waals surface area contributed by atoms with Crippen molar-refractivity contribution >= 4 is 21.6 Å². The van der Waals surface area contributed by atoms with Gasteiger partial charge in [-0.25, -0.2) is 0 Å². The van der Waals surface area contributed by atoms with E-state index in [4.69, 9.17) is 0 Å². The smallest absolute Gasteiger partial charge is 0.0412 e. The van der Waals surface area contributed by atoms with Gasteiger partial charge >= 0.3 is 0 Å². The summed E-state index contributed by atoms with van der Waals surface area (Å²) >= 11 is 3.51. The van der Waals surface area contributed by atoms with Crippen LogP contribution in [0.3, 0.4) is 0 Å². The number of piperazine rings is 1. The van der Waals surface area contributed by atoms with E-state index in [0.717, 1.165) is 17.6 Å². The summed E-state index contributed by atoms with van der Waals surface area (Å²) in [5, 5.41) is 3.72. The second kappa shape index (κ2) is 5.84. The summed E-state index contributed by atoms with van der Waals surface area (Å²) in [6.45, 7) is 11.4. The lowest BCUT2D eigenvalue weighted by atomic mass is 9.84. The van der Waals surface area contributed by atoms with Crippen LogP contribution in [0.5, 0.6) is 0 Å². The first kappa shape index (κ1) is 14.9. The molecule has 0 saturated carbocycles. The molecule has 1 aliphatic rings. The molecule has 2 atom stereocenters. The molecule has 106 valence electrons. The minimum atomic E-state index is 0.298. The average molecular weight is 325 g/mol. The van der Waals surface area contributed by atoms with Crippen molar-refractivity contribution in [2.24, 2.45) is 5.41 Å². The Balaban J connectivity index is 2.21. The van der Waals surface area contributed by atoms with Gasteiger partial charge in [0, 0.05) is 35.3 Å². The van der Waals surface area contributed by atoms with Crippen molar-refractivity contribution in [2.75, 3.05) is 18.0 Å². The summed E-state index contributed by atoms with van der Waals surface area (Å²) in [5.74, 6) is 0. The largest absolute Gasteiger partial charge is 0.366 e. The zero-order valence-corrected chi connectivity index (χ0v) is 14.0. The van der Waals surface area contributed by atoms with Crippen molar-refractivity contribution < 1.29 is 0 Å². The molecule has 0 spiro atoms. The van der Waals surface area contributed by atoms with Crippen LogP contribution in [0.4, 0.5) is 5.69 Å². The average Bonchev–Trinajstić information content (AvgIpc) is 2.38. The fourth-order valence-corrected chi connectivity index (χ4v) is 2.96. The van der Waals surface area contributed by atoms with Crippen LogP contribution in [0.25, 0.3) is 0 Å². The van der Waals surface area contributed by atoms with Gasteiger partial charge in [0.25, 0.3) is 0 Å². The lowest BCUT2D eigenvalue weighted by Gasteiger charge is -2.46. The Labute approximate surface area is 125 Å². The summed E-state index contributed by atoms with van der Waals surface area (Å²) < 4.78 is 1.15. The number of nitrogens with zero attached hydrogens (tertiary/aromatic N) is 1. The van der Waals surface area contributed by atoms with Crippen LogP contribution in [0.2, 0.25) is 0 Å². The molecule has 0 aromatic heterocycles. The third-order valence-electron chi connectivity index (χ3n) is 4.09. The molecular formula is C16H25BrN2. The van der Waals surface area contributed by atoms with Crippen molar-refractivity contribution in [1.29, 1.82) is 0 Å². The highest BCUT2D eigenvalue weighted by atomic mass is 79.9. The Morgan fingerprint density at radius 3 is 2.42 bits per heavy atom. The molecule has 0 amide bonds. The van der Waals surface area contributed by atoms with Crippen LogP contribution in [-0.4, -0.2) is 25.2 Å². The highest BCUT2D eigenvalue weighted by Crippen LogP contribution is 2.28. The van der Waals surface area contributed by atoms with Gasteiger partial charge in [0.1, 0.15) is 0 Å². The number of rotatable bonds is 2. The third-order valence-corrected chi connectivity index (χ3v) is 4.62. The Morgan fingerprint density at radius 2 is 1.89 bits per heavy atom. The van der Waals surface area contributed by atoms with Gasteiger partial charge in [-0.05, 0) is 36.1 Å². The molecule has 0 aliphatic carbocycles. The van der Waals surface area contributed by atoms with Gasteiger partial charge in [0.15, 0.2) is 0 Å². The van der Waals surface area contributed by atoms with Gasteiger partial charge in [0.2, 0.25) is 0 Å². The van der Waals surface area contributed by atoms with Crippen molar-refractivity contribution in [3.8, 4) is 0 Å². The predicted molar refractivity (Wildman–Crippen MR) is 86.8 cm³/mol. The van der Waals surface area contributed by atoms with E-state index in [1.165, 1.54) is 12.1 Å². The molecule has 3 heteroatoms. The molecule has 1 aromatic carbocycles. The van der Waals surface area contributed by atoms with E-state index in [2.05, 4.69) is 78.1 Å². The van der Waals surface area contributed by atoms with E-state index in [9.17, 15) is 0 Å². The lowest BCUT2D eigenvalue weighted by molar-refractivity contribution is 0.233. The van der Waals surface area contributed by atoms with Crippen LogP contribution >= 0.6 is 15.9 Å². The predicted octanol–water partition coefficient (Wildman–Crippen LogP) is 4.05. The number of hydrogen-bond acceptors (Lipinski definition) is 2. The quantitative estimate of drug-likeness (QED) is 0.882. The number of anilines is 1. The second-order valence-corrected chi connectivity index (χ2v) is 7.43. The Morgan fingerprint density at radius 1 is 1.26 bits per heavy atom. The Bertz CT molecular complexity index is 408. The maximum Gasteiger partial charge on any atom is 0.0412 e. The van der Waals surface area contributed by atoms with E-state index < -0.39 is 0 Å². The van der Waals surface area contributed by atoms with E-state index in [-0.39, 0.29) is 0 Å². The van der Waals surface area contributed by atoms with Gasteiger partial charge in [-0.1, -0.05) is 43.6 Å². The molecule has 1 aromatic rings. The first-order valence-corrected chi connectivity index (χ1v) is 7.96. The second-order valence-electron chi connectivity index (χ2n) is 6.52. The van der Waals surface area contributed by atoms with Gasteiger partial charge in [-0.15, -0.1) is 0 Å². The highest BCUT2D eigenvalue weighted by Gasteiger charge is 2.33. The van der Waals surface area contributed by atoms with Crippen LogP contribution in [0.1, 0.15) is 34.1 Å². The molecule has 2 rings (SSSR count). The topological polar surface area (TPSA) is 15.3 Å². The Kier molecular flexibility index (Phi) is 4.57.